The van der Waals surface area contributed by atoms with Crippen molar-refractivity contribution < 1.29 is 9.15 Å². The lowest BCUT2D eigenvalue weighted by atomic mass is 9.98. The molecule has 0 unspecified atom stereocenters. The summed E-state index contributed by atoms with van der Waals surface area (Å²) in [5, 5.41) is 21.5. The Kier molecular flexibility index (Phi) is 5.74. The zero-order chi connectivity index (χ0) is 21.2. The lowest BCUT2D eigenvalue weighted by Gasteiger charge is -2.31. The first-order valence-corrected chi connectivity index (χ1v) is 11.1. The molecule has 3 aromatic rings. The largest absolute Gasteiger partial charge is 0.496 e. The number of ether oxygens (including phenoxy) is 1. The molecule has 1 saturated heterocycles. The first kappa shape index (κ1) is 20.2. The van der Waals surface area contributed by atoms with E-state index in [1.165, 1.54) is 0 Å². The highest BCUT2D eigenvalue weighted by Gasteiger charge is 2.25. The summed E-state index contributed by atoms with van der Waals surface area (Å²) in [7, 11) is 1.68. The standard InChI is InChI=1S/C22H25ClN6O2/c1-30-20-5-4-16(23)11-15(20)13-29-10-2-3-17-19(29)12-18(26-25-17)22-28-27-21(31-22)14-6-8-24-9-7-14/h4-5,11-12,14,24H,2-3,6-10,13H2,1H3. The highest BCUT2D eigenvalue weighted by Crippen LogP contribution is 2.33. The van der Waals surface area contributed by atoms with Gasteiger partial charge in [-0.05, 0) is 63.0 Å². The summed E-state index contributed by atoms with van der Waals surface area (Å²) in [6.07, 6.45) is 3.93. The summed E-state index contributed by atoms with van der Waals surface area (Å²) < 4.78 is 11.5. The molecule has 2 aliphatic heterocycles. The zero-order valence-electron chi connectivity index (χ0n) is 17.5. The molecule has 5 rings (SSSR count). The van der Waals surface area contributed by atoms with Crippen LogP contribution in [-0.4, -0.2) is 47.1 Å². The molecule has 0 spiro atoms. The van der Waals surface area contributed by atoms with Crippen molar-refractivity contribution in [3.8, 4) is 17.3 Å². The van der Waals surface area contributed by atoms with Crippen molar-refractivity contribution in [1.29, 1.82) is 0 Å². The molecule has 31 heavy (non-hydrogen) atoms. The first-order valence-electron chi connectivity index (χ1n) is 10.7. The fourth-order valence-corrected chi connectivity index (χ4v) is 4.53. The minimum Gasteiger partial charge on any atom is -0.496 e. The molecule has 0 atom stereocenters. The van der Waals surface area contributed by atoms with E-state index < -0.39 is 0 Å². The smallest absolute Gasteiger partial charge is 0.268 e. The number of benzene rings is 1. The van der Waals surface area contributed by atoms with E-state index in [4.69, 9.17) is 20.8 Å². The predicted octanol–water partition coefficient (Wildman–Crippen LogP) is 3.61. The summed E-state index contributed by atoms with van der Waals surface area (Å²) in [4.78, 5) is 2.29. The van der Waals surface area contributed by atoms with E-state index >= 15 is 0 Å². The molecule has 0 radical (unpaired) electrons. The summed E-state index contributed by atoms with van der Waals surface area (Å²) >= 11 is 6.24. The number of hydrogen-bond acceptors (Lipinski definition) is 8. The minimum absolute atomic E-state index is 0.305. The second kappa shape index (κ2) is 8.80. The van der Waals surface area contributed by atoms with Crippen molar-refractivity contribution in [3.63, 3.8) is 0 Å². The second-order valence-corrected chi connectivity index (χ2v) is 8.45. The third-order valence-electron chi connectivity index (χ3n) is 5.98. The number of nitrogens with one attached hydrogen (secondary N) is 1. The van der Waals surface area contributed by atoms with Crippen molar-refractivity contribution in [2.24, 2.45) is 0 Å². The molecule has 2 aromatic heterocycles. The van der Waals surface area contributed by atoms with Crippen LogP contribution in [0.2, 0.25) is 5.02 Å². The topological polar surface area (TPSA) is 89.2 Å². The van der Waals surface area contributed by atoms with Gasteiger partial charge in [0.25, 0.3) is 5.89 Å². The molecule has 0 saturated carbocycles. The Balaban J connectivity index is 1.43. The molecule has 1 fully saturated rings. The Hall–Kier alpha value is -2.71. The van der Waals surface area contributed by atoms with E-state index in [2.05, 4.69) is 30.6 Å². The number of methoxy groups -OCH3 is 1. The number of halogens is 1. The maximum Gasteiger partial charge on any atom is 0.268 e. The van der Waals surface area contributed by atoms with Crippen LogP contribution in [0.3, 0.4) is 0 Å². The molecule has 0 aliphatic carbocycles. The number of nitrogens with zero attached hydrogens (tertiary/aromatic N) is 5. The minimum atomic E-state index is 0.305. The molecule has 8 nitrogen and oxygen atoms in total. The highest BCUT2D eigenvalue weighted by molar-refractivity contribution is 6.30. The third-order valence-corrected chi connectivity index (χ3v) is 6.22. The van der Waals surface area contributed by atoms with Gasteiger partial charge in [0.2, 0.25) is 5.89 Å². The van der Waals surface area contributed by atoms with Gasteiger partial charge in [-0.3, -0.25) is 0 Å². The molecule has 2 aliphatic rings. The lowest BCUT2D eigenvalue weighted by molar-refractivity contribution is 0.378. The van der Waals surface area contributed by atoms with E-state index in [0.717, 1.165) is 68.0 Å². The Bertz CT molecular complexity index is 1070. The monoisotopic (exact) mass is 440 g/mol. The van der Waals surface area contributed by atoms with E-state index in [9.17, 15) is 0 Å². The van der Waals surface area contributed by atoms with Crippen molar-refractivity contribution in [2.45, 2.75) is 38.1 Å². The Labute approximate surface area is 186 Å². The first-order chi connectivity index (χ1) is 15.2. The SMILES string of the molecule is COc1ccc(Cl)cc1CN1CCCc2nnc(-c3nnc(C4CCNCC4)o3)cc21. The molecule has 4 heterocycles. The van der Waals surface area contributed by atoms with Gasteiger partial charge in [0.15, 0.2) is 5.69 Å². The van der Waals surface area contributed by atoms with Crippen molar-refractivity contribution in [3.05, 3.63) is 46.4 Å². The predicted molar refractivity (Wildman–Crippen MR) is 118 cm³/mol. The van der Waals surface area contributed by atoms with E-state index in [1.807, 2.05) is 24.3 Å². The maximum absolute atomic E-state index is 6.24. The Morgan fingerprint density at radius 2 is 2.03 bits per heavy atom. The molecule has 1 aromatic carbocycles. The van der Waals surface area contributed by atoms with Gasteiger partial charge in [0.05, 0.1) is 18.5 Å². The van der Waals surface area contributed by atoms with Crippen LogP contribution in [0.15, 0.2) is 28.7 Å². The van der Waals surface area contributed by atoms with Crippen LogP contribution in [-0.2, 0) is 13.0 Å². The zero-order valence-corrected chi connectivity index (χ0v) is 18.2. The van der Waals surface area contributed by atoms with Crippen LogP contribution >= 0.6 is 11.6 Å². The molecular formula is C22H25ClN6O2. The second-order valence-electron chi connectivity index (χ2n) is 8.01. The third kappa shape index (κ3) is 4.22. The number of rotatable bonds is 5. The van der Waals surface area contributed by atoms with Crippen molar-refractivity contribution in [2.75, 3.05) is 31.6 Å². The van der Waals surface area contributed by atoms with Gasteiger partial charge in [-0.1, -0.05) is 11.6 Å². The number of piperidine rings is 1. The van der Waals surface area contributed by atoms with Crippen molar-refractivity contribution >= 4 is 17.3 Å². The van der Waals surface area contributed by atoms with Gasteiger partial charge in [-0.2, -0.15) is 5.10 Å². The van der Waals surface area contributed by atoms with Gasteiger partial charge in [-0.25, -0.2) is 0 Å². The van der Waals surface area contributed by atoms with Gasteiger partial charge >= 0.3 is 0 Å². The maximum atomic E-state index is 6.24. The van der Waals surface area contributed by atoms with Gasteiger partial charge in [0.1, 0.15) is 5.75 Å². The van der Waals surface area contributed by atoms with Gasteiger partial charge in [0, 0.05) is 29.6 Å². The average molecular weight is 441 g/mol. The number of hydrogen-bond donors (Lipinski definition) is 1. The van der Waals surface area contributed by atoms with Crippen LogP contribution in [0, 0.1) is 0 Å². The van der Waals surface area contributed by atoms with Crippen molar-refractivity contribution in [1.82, 2.24) is 25.7 Å². The molecule has 0 amide bonds. The fourth-order valence-electron chi connectivity index (χ4n) is 4.33. The van der Waals surface area contributed by atoms with Crippen LogP contribution in [0.1, 0.15) is 42.3 Å². The quantitative estimate of drug-likeness (QED) is 0.643. The molecule has 0 bridgehead atoms. The number of aryl methyl sites for hydroxylation is 1. The van der Waals surface area contributed by atoms with E-state index in [-0.39, 0.29) is 0 Å². The highest BCUT2D eigenvalue weighted by atomic mass is 35.5. The van der Waals surface area contributed by atoms with Crippen LogP contribution < -0.4 is 15.0 Å². The summed E-state index contributed by atoms with van der Waals surface area (Å²) in [5.74, 6) is 2.24. The summed E-state index contributed by atoms with van der Waals surface area (Å²) in [6, 6.07) is 7.71. The summed E-state index contributed by atoms with van der Waals surface area (Å²) in [5.41, 5.74) is 3.66. The molecule has 9 heteroatoms. The number of aromatic nitrogens is 4. The van der Waals surface area contributed by atoms with Crippen LogP contribution in [0.5, 0.6) is 5.75 Å². The average Bonchev–Trinajstić information content (AvgIpc) is 3.30. The normalized spacial score (nSPS) is 16.9. The Morgan fingerprint density at radius 3 is 2.87 bits per heavy atom. The molecular weight excluding hydrogens is 416 g/mol. The van der Waals surface area contributed by atoms with E-state index in [0.29, 0.717) is 35.0 Å². The van der Waals surface area contributed by atoms with Gasteiger partial charge < -0.3 is 19.4 Å². The fraction of sp³-hybridized carbons (Fsp3) is 0.455. The number of anilines is 1. The van der Waals surface area contributed by atoms with Crippen LogP contribution in [0.25, 0.3) is 11.6 Å². The van der Waals surface area contributed by atoms with E-state index in [1.54, 1.807) is 7.11 Å². The number of fused-ring (bicyclic) bond motifs is 1. The summed E-state index contributed by atoms with van der Waals surface area (Å²) in [6.45, 7) is 3.54. The molecule has 162 valence electrons. The molecule has 1 N–H and O–H groups in total. The van der Waals surface area contributed by atoms with Gasteiger partial charge in [-0.15, -0.1) is 15.3 Å². The Morgan fingerprint density at radius 1 is 1.16 bits per heavy atom. The van der Waals surface area contributed by atoms with Crippen LogP contribution in [0.4, 0.5) is 5.69 Å². The lowest BCUT2D eigenvalue weighted by Crippen LogP contribution is -2.30.